The van der Waals surface area contributed by atoms with E-state index < -0.39 is 29.0 Å². The second kappa shape index (κ2) is 5.46. The molecular weight excluding hydrogens is 345 g/mol. The molecule has 1 amide bonds. The second-order valence-electron chi connectivity index (χ2n) is 5.28. The van der Waals surface area contributed by atoms with Crippen LogP contribution in [0.4, 0.5) is 19.0 Å². The van der Waals surface area contributed by atoms with Gasteiger partial charge in [0.15, 0.2) is 18.2 Å². The zero-order valence-corrected chi connectivity index (χ0v) is 13.0. The molecule has 0 bridgehead atoms. The Morgan fingerprint density at radius 2 is 1.84 bits per heavy atom. The number of carbonyl (C=O) groups excluding carboxylic acids is 1. The second-order valence-corrected chi connectivity index (χ2v) is 5.28. The SMILES string of the molecule is CN1C(=O)COc2ccc(-n3c(=O)cc(C(F)(F)F)n(C)c3=O)nc21. The van der Waals surface area contributed by atoms with Gasteiger partial charge in [0.1, 0.15) is 11.5 Å². The molecule has 0 unspecified atom stereocenters. The van der Waals surface area contributed by atoms with Crippen molar-refractivity contribution in [2.45, 2.75) is 6.18 Å². The van der Waals surface area contributed by atoms with E-state index in [-0.39, 0.29) is 24.0 Å². The molecule has 11 heteroatoms. The predicted molar refractivity (Wildman–Crippen MR) is 79.0 cm³/mol. The van der Waals surface area contributed by atoms with Crippen molar-refractivity contribution in [2.24, 2.45) is 7.05 Å². The van der Waals surface area contributed by atoms with Gasteiger partial charge in [-0.2, -0.15) is 13.2 Å². The van der Waals surface area contributed by atoms with Gasteiger partial charge in [-0.15, -0.1) is 0 Å². The van der Waals surface area contributed by atoms with Crippen molar-refractivity contribution in [1.29, 1.82) is 0 Å². The maximum atomic E-state index is 12.9. The minimum Gasteiger partial charge on any atom is -0.480 e. The summed E-state index contributed by atoms with van der Waals surface area (Å²) >= 11 is 0. The molecule has 3 heterocycles. The molecule has 0 radical (unpaired) electrons. The average molecular weight is 356 g/mol. The summed E-state index contributed by atoms with van der Waals surface area (Å²) in [4.78, 5) is 41.2. The summed E-state index contributed by atoms with van der Waals surface area (Å²) in [5.74, 6) is -0.307. The molecule has 1 aliphatic rings. The lowest BCUT2D eigenvalue weighted by Gasteiger charge is -2.25. The number of amides is 1. The number of hydrogen-bond donors (Lipinski definition) is 0. The molecule has 8 nitrogen and oxygen atoms in total. The van der Waals surface area contributed by atoms with Crippen LogP contribution >= 0.6 is 0 Å². The Balaban J connectivity index is 2.22. The molecular formula is C14H11F3N4O4. The third kappa shape index (κ3) is 2.66. The highest BCUT2D eigenvalue weighted by Gasteiger charge is 2.35. The Morgan fingerprint density at radius 3 is 2.48 bits per heavy atom. The molecule has 0 saturated heterocycles. The predicted octanol–water partition coefficient (Wildman–Crippen LogP) is 0.305. The molecule has 0 saturated carbocycles. The van der Waals surface area contributed by atoms with Crippen LogP contribution in [0.1, 0.15) is 5.69 Å². The smallest absolute Gasteiger partial charge is 0.431 e. The quantitative estimate of drug-likeness (QED) is 0.734. The van der Waals surface area contributed by atoms with Crippen molar-refractivity contribution >= 4 is 11.7 Å². The molecule has 25 heavy (non-hydrogen) atoms. The largest absolute Gasteiger partial charge is 0.480 e. The Labute approximate surface area is 137 Å². The molecule has 0 fully saturated rings. The van der Waals surface area contributed by atoms with E-state index in [4.69, 9.17) is 4.74 Å². The normalized spacial score (nSPS) is 14.3. The maximum absolute atomic E-state index is 12.9. The molecule has 0 aromatic carbocycles. The number of alkyl halides is 3. The van der Waals surface area contributed by atoms with E-state index in [0.29, 0.717) is 15.2 Å². The third-order valence-electron chi connectivity index (χ3n) is 3.71. The fraction of sp³-hybridized carbons (Fsp3) is 0.286. The number of fused-ring (bicyclic) bond motifs is 1. The molecule has 0 spiro atoms. The monoisotopic (exact) mass is 356 g/mol. The van der Waals surface area contributed by atoms with Crippen LogP contribution in [-0.4, -0.2) is 33.7 Å². The molecule has 0 N–H and O–H groups in total. The van der Waals surface area contributed by atoms with Gasteiger partial charge in [0.05, 0.1) is 0 Å². The van der Waals surface area contributed by atoms with E-state index >= 15 is 0 Å². The Morgan fingerprint density at radius 1 is 1.16 bits per heavy atom. The molecule has 0 aliphatic carbocycles. The fourth-order valence-corrected chi connectivity index (χ4v) is 2.37. The molecule has 3 rings (SSSR count). The number of rotatable bonds is 1. The zero-order chi connectivity index (χ0) is 18.5. The standard InChI is InChI=1S/C14H11F3N4O4/c1-19-8(14(15,16)17)5-10(22)21(13(19)24)9-4-3-7-12(18-9)20(2)11(23)6-25-7/h3-5H,6H2,1-2H3. The first-order valence-corrected chi connectivity index (χ1v) is 6.92. The minimum absolute atomic E-state index is 0.0580. The van der Waals surface area contributed by atoms with Crippen molar-refractivity contribution in [3.05, 3.63) is 44.7 Å². The van der Waals surface area contributed by atoms with Crippen LogP contribution in [0.15, 0.2) is 27.8 Å². The number of aromatic nitrogens is 3. The Hall–Kier alpha value is -3.11. The first-order chi connectivity index (χ1) is 11.6. The van der Waals surface area contributed by atoms with Crippen LogP contribution < -0.4 is 20.9 Å². The van der Waals surface area contributed by atoms with E-state index in [9.17, 15) is 27.6 Å². The van der Waals surface area contributed by atoms with E-state index in [1.54, 1.807) is 0 Å². The average Bonchev–Trinajstić information content (AvgIpc) is 2.54. The summed E-state index contributed by atoms with van der Waals surface area (Å²) in [6, 6.07) is 2.94. The van der Waals surface area contributed by atoms with Crippen molar-refractivity contribution in [3.63, 3.8) is 0 Å². The first kappa shape index (κ1) is 16.7. The van der Waals surface area contributed by atoms with Crippen molar-refractivity contribution in [2.75, 3.05) is 18.6 Å². The number of anilines is 1. The lowest BCUT2D eigenvalue weighted by molar-refractivity contribution is -0.144. The van der Waals surface area contributed by atoms with Gasteiger partial charge in [0.25, 0.3) is 11.5 Å². The van der Waals surface area contributed by atoms with Crippen LogP contribution in [0.5, 0.6) is 5.75 Å². The van der Waals surface area contributed by atoms with Gasteiger partial charge in [-0.3, -0.25) is 19.1 Å². The number of halogens is 3. The Bertz CT molecular complexity index is 993. The van der Waals surface area contributed by atoms with Crippen LogP contribution in [0.2, 0.25) is 0 Å². The topological polar surface area (TPSA) is 86.4 Å². The number of pyridine rings is 1. The summed E-state index contributed by atoms with van der Waals surface area (Å²) in [6.45, 7) is -0.188. The summed E-state index contributed by atoms with van der Waals surface area (Å²) in [6.07, 6.45) is -4.85. The van der Waals surface area contributed by atoms with Crippen molar-refractivity contribution in [1.82, 2.24) is 14.1 Å². The molecule has 2 aromatic rings. The van der Waals surface area contributed by atoms with Crippen LogP contribution in [0.3, 0.4) is 0 Å². The molecule has 0 atom stereocenters. The summed E-state index contributed by atoms with van der Waals surface area (Å²) in [5.41, 5.74) is -3.76. The highest BCUT2D eigenvalue weighted by molar-refractivity contribution is 5.96. The summed E-state index contributed by atoms with van der Waals surface area (Å²) in [5, 5.41) is 0. The first-order valence-electron chi connectivity index (χ1n) is 6.92. The molecule has 2 aromatic heterocycles. The van der Waals surface area contributed by atoms with E-state index in [0.717, 1.165) is 7.05 Å². The van der Waals surface area contributed by atoms with Crippen molar-refractivity contribution in [3.8, 4) is 11.6 Å². The summed E-state index contributed by atoms with van der Waals surface area (Å²) < 4.78 is 44.6. The minimum atomic E-state index is -4.85. The highest BCUT2D eigenvalue weighted by Crippen LogP contribution is 2.30. The van der Waals surface area contributed by atoms with E-state index in [1.807, 2.05) is 0 Å². The number of nitrogens with zero attached hydrogens (tertiary/aromatic N) is 4. The lowest BCUT2D eigenvalue weighted by Crippen LogP contribution is -2.41. The fourth-order valence-electron chi connectivity index (χ4n) is 2.37. The van der Waals surface area contributed by atoms with Gasteiger partial charge < -0.3 is 4.74 Å². The zero-order valence-electron chi connectivity index (χ0n) is 13.0. The summed E-state index contributed by atoms with van der Waals surface area (Å²) in [7, 11) is 2.33. The van der Waals surface area contributed by atoms with Gasteiger partial charge in [-0.25, -0.2) is 14.3 Å². The third-order valence-corrected chi connectivity index (χ3v) is 3.71. The van der Waals surface area contributed by atoms with Gasteiger partial charge >= 0.3 is 11.9 Å². The number of hydrogen-bond acceptors (Lipinski definition) is 5. The number of likely N-dealkylation sites (N-methyl/N-ethyl adjacent to an activating group) is 1. The number of carbonyl (C=O) groups is 1. The van der Waals surface area contributed by atoms with Gasteiger partial charge in [0.2, 0.25) is 0 Å². The maximum Gasteiger partial charge on any atom is 0.431 e. The van der Waals surface area contributed by atoms with Crippen LogP contribution in [0.25, 0.3) is 5.82 Å². The Kier molecular flexibility index (Phi) is 3.66. The van der Waals surface area contributed by atoms with Crippen LogP contribution in [0, 0.1) is 0 Å². The molecule has 1 aliphatic heterocycles. The van der Waals surface area contributed by atoms with E-state index in [1.165, 1.54) is 24.1 Å². The van der Waals surface area contributed by atoms with Gasteiger partial charge in [-0.1, -0.05) is 0 Å². The number of ether oxygens (including phenoxy) is 1. The molecule has 132 valence electrons. The lowest BCUT2D eigenvalue weighted by atomic mass is 10.3. The van der Waals surface area contributed by atoms with Crippen LogP contribution in [-0.2, 0) is 18.0 Å². The highest BCUT2D eigenvalue weighted by atomic mass is 19.4. The van der Waals surface area contributed by atoms with Gasteiger partial charge in [-0.05, 0) is 12.1 Å². The van der Waals surface area contributed by atoms with E-state index in [2.05, 4.69) is 4.98 Å². The van der Waals surface area contributed by atoms with Crippen molar-refractivity contribution < 1.29 is 22.7 Å². The van der Waals surface area contributed by atoms with Gasteiger partial charge in [0, 0.05) is 20.2 Å².